The number of carbonyl (C=O) groups excluding carboxylic acids is 1. The van der Waals surface area contributed by atoms with E-state index in [2.05, 4.69) is 5.10 Å². The molecule has 0 radical (unpaired) electrons. The number of hydrogen-bond donors (Lipinski definition) is 0. The number of aromatic nitrogens is 2. The summed E-state index contributed by atoms with van der Waals surface area (Å²) in [5, 5.41) is 4.99. The molecule has 0 aliphatic heterocycles. The SMILES string of the molecule is Cc1cc(CC(=O)CSC2CCCCC2)n(C)n1. The van der Waals surface area contributed by atoms with E-state index < -0.39 is 0 Å². The second-order valence-corrected chi connectivity index (χ2v) is 6.48. The average molecular weight is 266 g/mol. The number of thioether (sulfide) groups is 1. The Hall–Kier alpha value is -0.770. The summed E-state index contributed by atoms with van der Waals surface area (Å²) < 4.78 is 1.82. The minimum atomic E-state index is 0.327. The lowest BCUT2D eigenvalue weighted by Crippen LogP contribution is -2.14. The first kappa shape index (κ1) is 13.7. The first-order valence-electron chi connectivity index (χ1n) is 6.78. The fourth-order valence-corrected chi connectivity index (χ4v) is 3.72. The van der Waals surface area contributed by atoms with Crippen molar-refractivity contribution in [2.45, 2.75) is 50.7 Å². The van der Waals surface area contributed by atoms with Gasteiger partial charge in [-0.3, -0.25) is 9.48 Å². The highest BCUT2D eigenvalue weighted by Gasteiger charge is 2.16. The van der Waals surface area contributed by atoms with Crippen LogP contribution < -0.4 is 0 Å². The number of Topliss-reactive ketones (excluding diaryl/α,β-unsaturated/α-hetero) is 1. The van der Waals surface area contributed by atoms with E-state index in [1.54, 1.807) is 0 Å². The van der Waals surface area contributed by atoms with Crippen LogP contribution in [0.25, 0.3) is 0 Å². The smallest absolute Gasteiger partial charge is 0.148 e. The van der Waals surface area contributed by atoms with E-state index in [9.17, 15) is 4.79 Å². The van der Waals surface area contributed by atoms with Crippen LogP contribution in [0.2, 0.25) is 0 Å². The molecule has 1 aliphatic rings. The lowest BCUT2D eigenvalue weighted by molar-refractivity contribution is -0.116. The Balaban J connectivity index is 1.76. The van der Waals surface area contributed by atoms with Crippen molar-refractivity contribution in [3.8, 4) is 0 Å². The molecule has 1 heterocycles. The number of nitrogens with zero attached hydrogens (tertiary/aromatic N) is 2. The summed E-state index contributed by atoms with van der Waals surface area (Å²) in [6.45, 7) is 1.96. The standard InChI is InChI=1S/C14H22N2OS/c1-11-8-12(16(2)15-11)9-13(17)10-18-14-6-4-3-5-7-14/h8,14H,3-7,9-10H2,1-2H3. The summed E-state index contributed by atoms with van der Waals surface area (Å²) in [7, 11) is 1.91. The molecule has 0 saturated heterocycles. The van der Waals surface area contributed by atoms with Gasteiger partial charge in [-0.1, -0.05) is 19.3 Å². The molecule has 0 N–H and O–H groups in total. The molecule has 0 bridgehead atoms. The van der Waals surface area contributed by atoms with Crippen LogP contribution in [0.15, 0.2) is 6.07 Å². The minimum absolute atomic E-state index is 0.327. The normalized spacial score (nSPS) is 17.0. The van der Waals surface area contributed by atoms with Crippen LogP contribution >= 0.6 is 11.8 Å². The van der Waals surface area contributed by atoms with E-state index in [1.165, 1.54) is 32.1 Å². The maximum absolute atomic E-state index is 12.0. The van der Waals surface area contributed by atoms with Crippen molar-refractivity contribution in [1.82, 2.24) is 9.78 Å². The van der Waals surface area contributed by atoms with Crippen molar-refractivity contribution in [2.75, 3.05) is 5.75 Å². The van der Waals surface area contributed by atoms with Crippen molar-refractivity contribution in [3.05, 3.63) is 17.5 Å². The summed E-state index contributed by atoms with van der Waals surface area (Å²) in [6, 6.07) is 2.00. The van der Waals surface area contributed by atoms with Gasteiger partial charge in [-0.25, -0.2) is 0 Å². The molecule has 0 atom stereocenters. The third-order valence-corrected chi connectivity index (χ3v) is 4.94. The van der Waals surface area contributed by atoms with Crippen LogP contribution in [0, 0.1) is 6.92 Å². The molecule has 0 amide bonds. The van der Waals surface area contributed by atoms with Crippen molar-refractivity contribution in [1.29, 1.82) is 0 Å². The third-order valence-electron chi connectivity index (χ3n) is 3.51. The molecule has 0 unspecified atom stereocenters. The molecule has 4 heteroatoms. The fourth-order valence-electron chi connectivity index (χ4n) is 2.53. The summed E-state index contributed by atoms with van der Waals surface area (Å²) in [5.74, 6) is 0.989. The third kappa shape index (κ3) is 3.87. The molecule has 3 nitrogen and oxygen atoms in total. The van der Waals surface area contributed by atoms with Gasteiger partial charge in [-0.15, -0.1) is 0 Å². The predicted molar refractivity (Wildman–Crippen MR) is 76.0 cm³/mol. The van der Waals surface area contributed by atoms with Crippen LogP contribution in [-0.4, -0.2) is 26.6 Å². The van der Waals surface area contributed by atoms with Crippen LogP contribution in [-0.2, 0) is 18.3 Å². The Labute approximate surface area is 113 Å². The van der Waals surface area contributed by atoms with Crippen molar-refractivity contribution >= 4 is 17.5 Å². The summed E-state index contributed by atoms with van der Waals surface area (Å²) in [4.78, 5) is 12.0. The first-order valence-corrected chi connectivity index (χ1v) is 7.83. The predicted octanol–water partition coefficient (Wildman–Crippen LogP) is 2.91. The van der Waals surface area contributed by atoms with Crippen molar-refractivity contribution < 1.29 is 4.79 Å². The molecule has 1 aromatic rings. The van der Waals surface area contributed by atoms with Gasteiger partial charge < -0.3 is 0 Å². The molecule has 1 saturated carbocycles. The summed E-state index contributed by atoms with van der Waals surface area (Å²) in [6.07, 6.45) is 7.17. The van der Waals surface area contributed by atoms with E-state index in [0.29, 0.717) is 18.0 Å². The van der Waals surface area contributed by atoms with E-state index >= 15 is 0 Å². The Morgan fingerprint density at radius 1 is 1.44 bits per heavy atom. The molecule has 1 aliphatic carbocycles. The molecule has 1 aromatic heterocycles. The number of hydrogen-bond acceptors (Lipinski definition) is 3. The zero-order valence-electron chi connectivity index (χ0n) is 11.3. The summed E-state index contributed by atoms with van der Waals surface area (Å²) >= 11 is 1.86. The fraction of sp³-hybridized carbons (Fsp3) is 0.714. The minimum Gasteiger partial charge on any atom is -0.298 e. The van der Waals surface area contributed by atoms with Crippen molar-refractivity contribution in [2.24, 2.45) is 7.05 Å². The quantitative estimate of drug-likeness (QED) is 0.822. The number of aryl methyl sites for hydroxylation is 2. The highest BCUT2D eigenvalue weighted by atomic mass is 32.2. The molecular weight excluding hydrogens is 244 g/mol. The number of rotatable bonds is 5. The molecule has 18 heavy (non-hydrogen) atoms. The maximum atomic E-state index is 12.0. The van der Waals surface area contributed by atoms with Gasteiger partial charge in [-0.2, -0.15) is 16.9 Å². The van der Waals surface area contributed by atoms with E-state index in [0.717, 1.165) is 16.6 Å². The lowest BCUT2D eigenvalue weighted by Gasteiger charge is -2.20. The Morgan fingerprint density at radius 3 is 2.78 bits per heavy atom. The Bertz CT molecular complexity index is 408. The number of ketones is 1. The van der Waals surface area contributed by atoms with E-state index in [-0.39, 0.29) is 0 Å². The van der Waals surface area contributed by atoms with E-state index in [1.807, 2.05) is 36.5 Å². The van der Waals surface area contributed by atoms with Gasteiger partial charge in [0.25, 0.3) is 0 Å². The van der Waals surface area contributed by atoms with Gasteiger partial charge in [0.15, 0.2) is 0 Å². The second kappa shape index (κ2) is 6.41. The largest absolute Gasteiger partial charge is 0.298 e. The van der Waals surface area contributed by atoms with Gasteiger partial charge >= 0.3 is 0 Å². The molecule has 1 fully saturated rings. The second-order valence-electron chi connectivity index (χ2n) is 5.19. The molecule has 0 aromatic carbocycles. The zero-order valence-corrected chi connectivity index (χ0v) is 12.1. The van der Waals surface area contributed by atoms with Gasteiger partial charge in [0.1, 0.15) is 5.78 Å². The van der Waals surface area contributed by atoms with Crippen molar-refractivity contribution in [3.63, 3.8) is 0 Å². The topological polar surface area (TPSA) is 34.9 Å². The van der Waals surface area contributed by atoms with Gasteiger partial charge in [0.05, 0.1) is 11.4 Å². The highest BCUT2D eigenvalue weighted by Crippen LogP contribution is 2.28. The monoisotopic (exact) mass is 266 g/mol. The Morgan fingerprint density at radius 2 is 2.17 bits per heavy atom. The molecule has 2 rings (SSSR count). The van der Waals surface area contributed by atoms with E-state index in [4.69, 9.17) is 0 Å². The maximum Gasteiger partial charge on any atom is 0.148 e. The summed E-state index contributed by atoms with van der Waals surface area (Å²) in [5.41, 5.74) is 2.02. The molecular formula is C14H22N2OS. The van der Waals surface area contributed by atoms with Gasteiger partial charge in [0, 0.05) is 24.4 Å². The lowest BCUT2D eigenvalue weighted by atomic mass is 10.0. The van der Waals surface area contributed by atoms with Crippen LogP contribution in [0.4, 0.5) is 0 Å². The highest BCUT2D eigenvalue weighted by molar-refractivity contribution is 8.00. The number of carbonyl (C=O) groups is 1. The van der Waals surface area contributed by atoms with Crippen LogP contribution in [0.1, 0.15) is 43.5 Å². The molecule has 0 spiro atoms. The molecule has 100 valence electrons. The average Bonchev–Trinajstić information content (AvgIpc) is 2.67. The van der Waals surface area contributed by atoms with Gasteiger partial charge in [-0.05, 0) is 25.8 Å². The van der Waals surface area contributed by atoms with Crippen LogP contribution in [0.5, 0.6) is 0 Å². The Kier molecular flexibility index (Phi) is 4.87. The zero-order chi connectivity index (χ0) is 13.0. The van der Waals surface area contributed by atoms with Crippen LogP contribution in [0.3, 0.4) is 0 Å². The first-order chi connectivity index (χ1) is 8.65. The van der Waals surface area contributed by atoms with Gasteiger partial charge in [0.2, 0.25) is 0 Å².